The molecule has 2 heterocycles. The van der Waals surface area contributed by atoms with Crippen molar-refractivity contribution in [1.82, 2.24) is 9.80 Å². The minimum Gasteiger partial charge on any atom is -0.341 e. The van der Waals surface area contributed by atoms with Crippen molar-refractivity contribution in [1.29, 1.82) is 0 Å². The van der Waals surface area contributed by atoms with Crippen LogP contribution >= 0.6 is 11.3 Å². The van der Waals surface area contributed by atoms with Gasteiger partial charge in [0.25, 0.3) is 5.91 Å². The van der Waals surface area contributed by atoms with Crippen LogP contribution in [0.1, 0.15) is 66.5 Å². The molecule has 1 aliphatic rings. The fraction of sp³-hybridized carbons (Fsp3) is 0.611. The van der Waals surface area contributed by atoms with Gasteiger partial charge in [-0.2, -0.15) is 0 Å². The number of nitrogens with zero attached hydrogens (tertiary/aromatic N) is 2. The van der Waals surface area contributed by atoms with Crippen LogP contribution in [-0.4, -0.2) is 53.1 Å². The second kappa shape index (κ2) is 8.42. The molecule has 2 amide bonds. The van der Waals surface area contributed by atoms with Crippen LogP contribution in [0.3, 0.4) is 0 Å². The number of carbonyl (C=O) groups is 3. The van der Waals surface area contributed by atoms with Crippen LogP contribution in [0, 0.1) is 0 Å². The van der Waals surface area contributed by atoms with E-state index in [2.05, 4.69) is 0 Å². The molecule has 0 bridgehead atoms. The SMILES string of the molecule is CC(=O)c1csc(C(=O)N(CC(=O)N2CCCCCC2)C(C)C)c1. The summed E-state index contributed by atoms with van der Waals surface area (Å²) in [5.74, 6) is -0.213. The van der Waals surface area contributed by atoms with Gasteiger partial charge in [0.2, 0.25) is 5.91 Å². The number of rotatable bonds is 5. The van der Waals surface area contributed by atoms with Gasteiger partial charge >= 0.3 is 0 Å². The molecular formula is C18H26N2O3S. The number of carbonyl (C=O) groups excluding carboxylic acids is 3. The highest BCUT2D eigenvalue weighted by Gasteiger charge is 2.26. The van der Waals surface area contributed by atoms with Gasteiger partial charge in [-0.3, -0.25) is 14.4 Å². The molecule has 0 N–H and O–H groups in total. The highest BCUT2D eigenvalue weighted by molar-refractivity contribution is 7.12. The van der Waals surface area contributed by atoms with Crippen molar-refractivity contribution >= 4 is 28.9 Å². The average Bonchev–Trinajstić information content (AvgIpc) is 2.87. The molecule has 1 saturated heterocycles. The first-order valence-corrected chi connectivity index (χ1v) is 9.46. The molecule has 132 valence electrons. The first kappa shape index (κ1) is 18.6. The molecule has 0 saturated carbocycles. The predicted molar refractivity (Wildman–Crippen MR) is 95.5 cm³/mol. The standard InChI is InChI=1S/C18H26N2O3S/c1-13(2)20(11-17(22)19-8-6-4-5-7-9-19)18(23)16-10-15(12-24-16)14(3)21/h10,12-13H,4-9,11H2,1-3H3. The molecule has 2 rings (SSSR count). The van der Waals surface area contributed by atoms with Gasteiger partial charge in [0.15, 0.2) is 5.78 Å². The first-order valence-electron chi connectivity index (χ1n) is 8.58. The highest BCUT2D eigenvalue weighted by Crippen LogP contribution is 2.19. The van der Waals surface area contributed by atoms with Crippen molar-refractivity contribution in [3.05, 3.63) is 21.9 Å². The lowest BCUT2D eigenvalue weighted by Gasteiger charge is -2.29. The van der Waals surface area contributed by atoms with E-state index < -0.39 is 0 Å². The van der Waals surface area contributed by atoms with E-state index in [1.807, 2.05) is 18.7 Å². The Labute approximate surface area is 147 Å². The zero-order valence-electron chi connectivity index (χ0n) is 14.7. The average molecular weight is 350 g/mol. The summed E-state index contributed by atoms with van der Waals surface area (Å²) in [6, 6.07) is 1.55. The van der Waals surface area contributed by atoms with Crippen LogP contribution in [0.2, 0.25) is 0 Å². The molecule has 5 nitrogen and oxygen atoms in total. The number of amides is 2. The Kier molecular flexibility index (Phi) is 6.54. The van der Waals surface area contributed by atoms with Crippen molar-refractivity contribution in [3.63, 3.8) is 0 Å². The number of ketones is 1. The van der Waals surface area contributed by atoms with E-state index >= 15 is 0 Å². The largest absolute Gasteiger partial charge is 0.341 e. The smallest absolute Gasteiger partial charge is 0.264 e. The summed E-state index contributed by atoms with van der Waals surface area (Å²) in [5, 5.41) is 1.70. The normalized spacial score (nSPS) is 15.2. The van der Waals surface area contributed by atoms with E-state index in [9.17, 15) is 14.4 Å². The number of hydrogen-bond donors (Lipinski definition) is 0. The summed E-state index contributed by atoms with van der Waals surface area (Å²) >= 11 is 1.26. The fourth-order valence-corrected chi connectivity index (χ4v) is 3.73. The lowest BCUT2D eigenvalue weighted by atomic mass is 10.2. The predicted octanol–water partition coefficient (Wildman–Crippen LogP) is 3.20. The van der Waals surface area contributed by atoms with Crippen LogP contribution < -0.4 is 0 Å². The molecule has 1 aromatic rings. The molecule has 24 heavy (non-hydrogen) atoms. The van der Waals surface area contributed by atoms with E-state index in [-0.39, 0.29) is 30.2 Å². The van der Waals surface area contributed by atoms with E-state index in [0.717, 1.165) is 25.9 Å². The number of hydrogen-bond acceptors (Lipinski definition) is 4. The lowest BCUT2D eigenvalue weighted by molar-refractivity contribution is -0.132. The van der Waals surface area contributed by atoms with E-state index in [4.69, 9.17) is 0 Å². The summed E-state index contributed by atoms with van der Waals surface area (Å²) in [5.41, 5.74) is 0.547. The summed E-state index contributed by atoms with van der Waals surface area (Å²) in [4.78, 5) is 40.8. The third-order valence-electron chi connectivity index (χ3n) is 4.37. The van der Waals surface area contributed by atoms with E-state index in [1.165, 1.54) is 31.1 Å². The number of Topliss-reactive ketones (excluding diaryl/α,β-unsaturated/α-hetero) is 1. The Hall–Kier alpha value is -1.69. The molecular weight excluding hydrogens is 324 g/mol. The number of likely N-dealkylation sites (tertiary alicyclic amines) is 1. The molecule has 0 radical (unpaired) electrons. The minimum absolute atomic E-state index is 0.0160. The quantitative estimate of drug-likeness (QED) is 0.766. The molecule has 0 unspecified atom stereocenters. The highest BCUT2D eigenvalue weighted by atomic mass is 32.1. The Morgan fingerprint density at radius 2 is 1.79 bits per heavy atom. The maximum absolute atomic E-state index is 12.8. The Bertz CT molecular complexity index is 601. The molecule has 1 fully saturated rings. The van der Waals surface area contributed by atoms with Crippen LogP contribution in [0.4, 0.5) is 0 Å². The molecule has 0 aliphatic carbocycles. The lowest BCUT2D eigenvalue weighted by Crippen LogP contribution is -2.46. The molecule has 6 heteroatoms. The first-order chi connectivity index (χ1) is 11.4. The Balaban J connectivity index is 2.08. The molecule has 0 atom stereocenters. The van der Waals surface area contributed by atoms with Gasteiger partial charge < -0.3 is 9.80 Å². The molecule has 0 aromatic carbocycles. The van der Waals surface area contributed by atoms with Crippen molar-refractivity contribution in [2.24, 2.45) is 0 Å². The minimum atomic E-state index is -0.175. The van der Waals surface area contributed by atoms with Gasteiger partial charge in [-0.15, -0.1) is 11.3 Å². The Morgan fingerprint density at radius 3 is 2.29 bits per heavy atom. The van der Waals surface area contributed by atoms with Crippen molar-refractivity contribution in [2.45, 2.75) is 52.5 Å². The van der Waals surface area contributed by atoms with Gasteiger partial charge in [0, 0.05) is 30.1 Å². The zero-order valence-corrected chi connectivity index (χ0v) is 15.5. The molecule has 1 aliphatic heterocycles. The number of thiophene rings is 1. The van der Waals surface area contributed by atoms with Crippen molar-refractivity contribution < 1.29 is 14.4 Å². The monoisotopic (exact) mass is 350 g/mol. The fourth-order valence-electron chi connectivity index (χ4n) is 2.83. The van der Waals surface area contributed by atoms with Crippen molar-refractivity contribution in [2.75, 3.05) is 19.6 Å². The van der Waals surface area contributed by atoms with Crippen LogP contribution in [0.15, 0.2) is 11.4 Å². The van der Waals surface area contributed by atoms with Crippen LogP contribution in [0.25, 0.3) is 0 Å². The summed E-state index contributed by atoms with van der Waals surface area (Å²) in [6.07, 6.45) is 4.40. The zero-order chi connectivity index (χ0) is 17.7. The van der Waals surface area contributed by atoms with Crippen LogP contribution in [0.5, 0.6) is 0 Å². The van der Waals surface area contributed by atoms with Crippen LogP contribution in [-0.2, 0) is 4.79 Å². The van der Waals surface area contributed by atoms with Crippen molar-refractivity contribution in [3.8, 4) is 0 Å². The molecule has 1 aromatic heterocycles. The van der Waals surface area contributed by atoms with E-state index in [1.54, 1.807) is 16.3 Å². The molecule has 0 spiro atoms. The maximum Gasteiger partial charge on any atom is 0.264 e. The van der Waals surface area contributed by atoms with Gasteiger partial charge in [-0.05, 0) is 39.7 Å². The van der Waals surface area contributed by atoms with E-state index in [0.29, 0.717) is 10.4 Å². The summed E-state index contributed by atoms with van der Waals surface area (Å²) < 4.78 is 0. The topological polar surface area (TPSA) is 57.7 Å². The third-order valence-corrected chi connectivity index (χ3v) is 5.28. The second-order valence-corrected chi connectivity index (χ2v) is 7.49. The third kappa shape index (κ3) is 4.66. The van der Waals surface area contributed by atoms with Gasteiger partial charge in [0.1, 0.15) is 6.54 Å². The van der Waals surface area contributed by atoms with Gasteiger partial charge in [-0.25, -0.2) is 0 Å². The Morgan fingerprint density at radius 1 is 1.17 bits per heavy atom. The summed E-state index contributed by atoms with van der Waals surface area (Å²) in [6.45, 7) is 6.97. The van der Waals surface area contributed by atoms with Gasteiger partial charge in [0.05, 0.1) is 4.88 Å². The second-order valence-electron chi connectivity index (χ2n) is 6.58. The maximum atomic E-state index is 12.8. The van der Waals surface area contributed by atoms with Gasteiger partial charge in [-0.1, -0.05) is 12.8 Å². The summed E-state index contributed by atoms with van der Waals surface area (Å²) in [7, 11) is 0.